The van der Waals surface area contributed by atoms with Gasteiger partial charge in [0.05, 0.1) is 0 Å². The first-order valence-corrected chi connectivity index (χ1v) is 7.96. The molecule has 0 unspecified atom stereocenters. The fraction of sp³-hybridized carbons (Fsp3) is 0.235. The van der Waals surface area contributed by atoms with Gasteiger partial charge in [0.25, 0.3) is 5.91 Å². The fourth-order valence-electron chi connectivity index (χ4n) is 1.92. The monoisotopic (exact) mass is 395 g/mol. The summed E-state index contributed by atoms with van der Waals surface area (Å²) >= 11 is 2.23. The maximum absolute atomic E-state index is 12.3. The smallest absolute Gasteiger partial charge is 0.265 e. The largest absolute Gasteiger partial charge is 0.480 e. The molecule has 110 valence electrons. The number of para-hydroxylation sites is 1. The highest BCUT2D eigenvalue weighted by Gasteiger charge is 2.19. The molecule has 0 aliphatic carbocycles. The Morgan fingerprint density at radius 2 is 1.86 bits per heavy atom. The van der Waals surface area contributed by atoms with Crippen LogP contribution < -0.4 is 10.1 Å². The van der Waals surface area contributed by atoms with Crippen LogP contribution in [0.4, 0.5) is 5.69 Å². The van der Waals surface area contributed by atoms with Crippen molar-refractivity contribution in [3.63, 3.8) is 0 Å². The van der Waals surface area contributed by atoms with Crippen LogP contribution in [0.3, 0.4) is 0 Å². The number of hydrogen-bond acceptors (Lipinski definition) is 2. The Balaban J connectivity index is 2.05. The highest BCUT2D eigenvalue weighted by atomic mass is 127. The Hall–Kier alpha value is -1.56. The lowest BCUT2D eigenvalue weighted by Gasteiger charge is -2.18. The summed E-state index contributed by atoms with van der Waals surface area (Å²) < 4.78 is 6.97. The van der Waals surface area contributed by atoms with Gasteiger partial charge >= 0.3 is 0 Å². The van der Waals surface area contributed by atoms with Gasteiger partial charge in [0, 0.05) is 9.26 Å². The van der Waals surface area contributed by atoms with Crippen molar-refractivity contribution in [2.45, 2.75) is 26.4 Å². The number of benzene rings is 2. The minimum atomic E-state index is -0.495. The molecule has 0 heterocycles. The number of anilines is 1. The van der Waals surface area contributed by atoms with E-state index in [0.717, 1.165) is 20.6 Å². The second-order valence-electron chi connectivity index (χ2n) is 4.78. The van der Waals surface area contributed by atoms with Gasteiger partial charge in [-0.25, -0.2) is 0 Å². The summed E-state index contributed by atoms with van der Waals surface area (Å²) in [5, 5.41) is 2.89. The van der Waals surface area contributed by atoms with E-state index in [9.17, 15) is 4.79 Å². The molecule has 2 aromatic rings. The lowest BCUT2D eigenvalue weighted by atomic mass is 10.2. The summed E-state index contributed by atoms with van der Waals surface area (Å²) in [5.74, 6) is 0.629. The Morgan fingerprint density at radius 3 is 2.48 bits per heavy atom. The van der Waals surface area contributed by atoms with Crippen LogP contribution in [0.2, 0.25) is 0 Å². The lowest BCUT2D eigenvalue weighted by molar-refractivity contribution is -0.122. The zero-order valence-electron chi connectivity index (χ0n) is 12.1. The molecule has 3 nitrogen and oxygen atoms in total. The van der Waals surface area contributed by atoms with Gasteiger partial charge in [-0.05, 0) is 71.8 Å². The first kappa shape index (κ1) is 15.8. The Labute approximate surface area is 138 Å². The number of ether oxygens (including phenoxy) is 1. The molecule has 2 aromatic carbocycles. The van der Waals surface area contributed by atoms with Crippen LogP contribution in [0.5, 0.6) is 5.75 Å². The average molecular weight is 395 g/mol. The molecule has 0 fully saturated rings. The van der Waals surface area contributed by atoms with Gasteiger partial charge in [0.15, 0.2) is 6.10 Å². The van der Waals surface area contributed by atoms with Gasteiger partial charge in [-0.3, -0.25) is 4.79 Å². The van der Waals surface area contributed by atoms with Crippen molar-refractivity contribution in [2.75, 3.05) is 5.32 Å². The number of carbonyl (C=O) groups excluding carboxylic acids is 1. The number of carbonyl (C=O) groups is 1. The minimum Gasteiger partial charge on any atom is -0.480 e. The number of rotatable bonds is 5. The van der Waals surface area contributed by atoms with E-state index in [1.165, 1.54) is 0 Å². The molecule has 0 spiro atoms. The zero-order valence-corrected chi connectivity index (χ0v) is 14.3. The zero-order chi connectivity index (χ0) is 15.2. The van der Waals surface area contributed by atoms with Gasteiger partial charge in [-0.2, -0.15) is 0 Å². The second kappa shape index (κ2) is 7.45. The quantitative estimate of drug-likeness (QED) is 0.763. The third-order valence-electron chi connectivity index (χ3n) is 3.14. The minimum absolute atomic E-state index is 0.123. The molecule has 1 N–H and O–H groups in total. The van der Waals surface area contributed by atoms with Crippen LogP contribution >= 0.6 is 22.6 Å². The Kier molecular flexibility index (Phi) is 5.61. The Bertz CT molecular complexity index is 610. The van der Waals surface area contributed by atoms with E-state index in [1.54, 1.807) is 0 Å². The van der Waals surface area contributed by atoms with E-state index in [-0.39, 0.29) is 5.91 Å². The SMILES string of the molecule is CC[C@@H](Oc1ccccc1C)C(=O)Nc1ccc(I)cc1. The molecule has 0 aromatic heterocycles. The van der Waals surface area contributed by atoms with Gasteiger partial charge in [0.1, 0.15) is 5.75 Å². The van der Waals surface area contributed by atoms with Crippen molar-refractivity contribution < 1.29 is 9.53 Å². The van der Waals surface area contributed by atoms with Crippen molar-refractivity contribution in [2.24, 2.45) is 0 Å². The van der Waals surface area contributed by atoms with Crippen LogP contribution in [0, 0.1) is 10.5 Å². The summed E-state index contributed by atoms with van der Waals surface area (Å²) in [7, 11) is 0. The van der Waals surface area contributed by atoms with Crippen molar-refractivity contribution in [1.29, 1.82) is 0 Å². The molecule has 1 atom stereocenters. The van der Waals surface area contributed by atoms with E-state index < -0.39 is 6.10 Å². The molecule has 0 saturated heterocycles. The molecule has 21 heavy (non-hydrogen) atoms. The summed E-state index contributed by atoms with van der Waals surface area (Å²) in [6, 6.07) is 15.4. The molecular weight excluding hydrogens is 377 g/mol. The summed E-state index contributed by atoms with van der Waals surface area (Å²) in [6.45, 7) is 3.91. The topological polar surface area (TPSA) is 38.3 Å². The highest BCUT2D eigenvalue weighted by Crippen LogP contribution is 2.20. The predicted molar refractivity (Wildman–Crippen MR) is 93.7 cm³/mol. The van der Waals surface area contributed by atoms with E-state index >= 15 is 0 Å². The number of hydrogen-bond donors (Lipinski definition) is 1. The third-order valence-corrected chi connectivity index (χ3v) is 3.86. The third kappa shape index (κ3) is 4.46. The maximum Gasteiger partial charge on any atom is 0.265 e. The standard InChI is InChI=1S/C17H18INO2/c1-3-15(21-16-7-5-4-6-12(16)2)17(20)19-14-10-8-13(18)9-11-14/h4-11,15H,3H2,1-2H3,(H,19,20)/t15-/m1/s1. The fourth-order valence-corrected chi connectivity index (χ4v) is 2.28. The average Bonchev–Trinajstić information content (AvgIpc) is 2.48. The van der Waals surface area contributed by atoms with Crippen molar-refractivity contribution >= 4 is 34.2 Å². The normalized spacial score (nSPS) is 11.8. The number of halogens is 1. The molecule has 4 heteroatoms. The highest BCUT2D eigenvalue weighted by molar-refractivity contribution is 14.1. The molecule has 0 saturated carbocycles. The van der Waals surface area contributed by atoms with Crippen LogP contribution in [0.15, 0.2) is 48.5 Å². The molecule has 0 radical (unpaired) electrons. The first-order chi connectivity index (χ1) is 10.1. The number of amides is 1. The Morgan fingerprint density at radius 1 is 1.19 bits per heavy atom. The summed E-state index contributed by atoms with van der Waals surface area (Å²) in [5.41, 5.74) is 1.81. The maximum atomic E-state index is 12.3. The van der Waals surface area contributed by atoms with Gasteiger partial charge in [-0.1, -0.05) is 25.1 Å². The van der Waals surface area contributed by atoms with Gasteiger partial charge in [0.2, 0.25) is 0 Å². The van der Waals surface area contributed by atoms with Crippen molar-refractivity contribution in [1.82, 2.24) is 0 Å². The molecule has 0 aliphatic rings. The van der Waals surface area contributed by atoms with E-state index in [0.29, 0.717) is 6.42 Å². The van der Waals surface area contributed by atoms with Gasteiger partial charge < -0.3 is 10.1 Å². The predicted octanol–water partition coefficient (Wildman–Crippen LogP) is 4.40. The van der Waals surface area contributed by atoms with E-state index in [1.807, 2.05) is 62.4 Å². The summed E-state index contributed by atoms with van der Waals surface area (Å²) in [6.07, 6.45) is 0.121. The molecule has 0 aliphatic heterocycles. The van der Waals surface area contributed by atoms with E-state index in [4.69, 9.17) is 4.74 Å². The lowest BCUT2D eigenvalue weighted by Crippen LogP contribution is -2.32. The molecular formula is C17H18INO2. The van der Waals surface area contributed by atoms with Crippen LogP contribution in [-0.2, 0) is 4.79 Å². The van der Waals surface area contributed by atoms with Crippen molar-refractivity contribution in [3.05, 3.63) is 57.7 Å². The second-order valence-corrected chi connectivity index (χ2v) is 6.02. The van der Waals surface area contributed by atoms with Crippen LogP contribution in [0.25, 0.3) is 0 Å². The first-order valence-electron chi connectivity index (χ1n) is 6.89. The van der Waals surface area contributed by atoms with Crippen LogP contribution in [0.1, 0.15) is 18.9 Å². The molecule has 1 amide bonds. The van der Waals surface area contributed by atoms with Crippen LogP contribution in [-0.4, -0.2) is 12.0 Å². The number of aryl methyl sites for hydroxylation is 1. The summed E-state index contributed by atoms with van der Waals surface area (Å²) in [4.78, 5) is 12.3. The molecule has 2 rings (SSSR count). The van der Waals surface area contributed by atoms with Crippen molar-refractivity contribution in [3.8, 4) is 5.75 Å². The molecule has 0 bridgehead atoms. The van der Waals surface area contributed by atoms with Gasteiger partial charge in [-0.15, -0.1) is 0 Å². The number of nitrogens with one attached hydrogen (secondary N) is 1. The van der Waals surface area contributed by atoms with E-state index in [2.05, 4.69) is 27.9 Å².